The van der Waals surface area contributed by atoms with Crippen LogP contribution in [0.3, 0.4) is 0 Å². The maximum Gasteiger partial charge on any atom is 0.309 e. The van der Waals surface area contributed by atoms with Gasteiger partial charge in [0, 0.05) is 6.42 Å². The Kier molecular flexibility index (Phi) is 3.41. The number of hydrogen-bond acceptors (Lipinski definition) is 2. The summed E-state index contributed by atoms with van der Waals surface area (Å²) in [6, 6.07) is 0. The van der Waals surface area contributed by atoms with E-state index in [0.29, 0.717) is 18.4 Å². The Bertz CT molecular complexity index is 262. The van der Waals surface area contributed by atoms with Gasteiger partial charge in [-0.15, -0.1) is 0 Å². The summed E-state index contributed by atoms with van der Waals surface area (Å²) >= 11 is 0. The van der Waals surface area contributed by atoms with Gasteiger partial charge in [-0.1, -0.05) is 12.2 Å². The van der Waals surface area contributed by atoms with Gasteiger partial charge in [0.2, 0.25) is 0 Å². The van der Waals surface area contributed by atoms with E-state index < -0.39 is 0 Å². The van der Waals surface area contributed by atoms with E-state index in [1.165, 1.54) is 6.42 Å². The van der Waals surface area contributed by atoms with E-state index in [4.69, 9.17) is 4.74 Å². The van der Waals surface area contributed by atoms with Crippen LogP contribution in [0.25, 0.3) is 0 Å². The molecule has 0 radical (unpaired) electrons. The lowest BCUT2D eigenvalue weighted by Gasteiger charge is -2.16. The zero-order valence-corrected chi connectivity index (χ0v) is 9.32. The van der Waals surface area contributed by atoms with Crippen LogP contribution in [-0.2, 0) is 9.53 Å². The third-order valence-electron chi connectivity index (χ3n) is 3.46. The lowest BCUT2D eigenvalue weighted by Crippen LogP contribution is -2.79. The minimum absolute atomic E-state index is 0.0305. The first-order valence-electron chi connectivity index (χ1n) is 5.94. The van der Waals surface area contributed by atoms with Crippen LogP contribution in [0.1, 0.15) is 19.3 Å². The molecule has 2 N–H and O–H groups in total. The summed E-state index contributed by atoms with van der Waals surface area (Å²) in [5.41, 5.74) is 0. The van der Waals surface area contributed by atoms with E-state index in [2.05, 4.69) is 17.5 Å². The number of ether oxygens (including phenoxy) is 1. The van der Waals surface area contributed by atoms with Crippen LogP contribution >= 0.6 is 0 Å². The van der Waals surface area contributed by atoms with Gasteiger partial charge in [0.1, 0.15) is 0 Å². The molecule has 3 nitrogen and oxygen atoms in total. The molecular formula is C12H20NO2+. The summed E-state index contributed by atoms with van der Waals surface area (Å²) in [4.78, 5) is 11.7. The number of allylic oxidation sites excluding steroid dienone is 2. The van der Waals surface area contributed by atoms with Crippen molar-refractivity contribution in [1.82, 2.24) is 0 Å². The number of nitrogens with two attached hydrogens (primary N) is 1. The predicted octanol–water partition coefficient (Wildman–Crippen LogP) is 0.325. The SMILES string of the molecule is C[NH2+]CCCOC(=O)C1CC2C=CC1C2. The first-order valence-corrected chi connectivity index (χ1v) is 5.94. The van der Waals surface area contributed by atoms with E-state index in [1.807, 2.05) is 7.05 Å². The Balaban J connectivity index is 1.70. The maximum atomic E-state index is 11.7. The van der Waals surface area contributed by atoms with Gasteiger partial charge < -0.3 is 10.1 Å². The van der Waals surface area contributed by atoms with Gasteiger partial charge in [0.25, 0.3) is 0 Å². The number of rotatable bonds is 5. The molecule has 2 rings (SSSR count). The monoisotopic (exact) mass is 210 g/mol. The first-order chi connectivity index (χ1) is 7.31. The molecule has 0 aliphatic heterocycles. The molecule has 3 unspecified atom stereocenters. The van der Waals surface area contributed by atoms with Crippen LogP contribution in [0.5, 0.6) is 0 Å². The lowest BCUT2D eigenvalue weighted by molar-refractivity contribution is -0.627. The molecule has 0 aromatic carbocycles. The highest BCUT2D eigenvalue weighted by Gasteiger charge is 2.40. The van der Waals surface area contributed by atoms with Gasteiger partial charge in [0.05, 0.1) is 26.1 Å². The molecule has 1 fully saturated rings. The van der Waals surface area contributed by atoms with Crippen LogP contribution in [0.2, 0.25) is 0 Å². The number of carbonyl (C=O) groups excluding carboxylic acids is 1. The average molecular weight is 210 g/mol. The van der Waals surface area contributed by atoms with E-state index in [1.54, 1.807) is 0 Å². The van der Waals surface area contributed by atoms with Gasteiger partial charge in [-0.3, -0.25) is 4.79 Å². The molecule has 0 spiro atoms. The van der Waals surface area contributed by atoms with Gasteiger partial charge in [0.15, 0.2) is 0 Å². The van der Waals surface area contributed by atoms with Crippen molar-refractivity contribution >= 4 is 5.97 Å². The number of hydrogen-bond donors (Lipinski definition) is 1. The molecule has 3 atom stereocenters. The van der Waals surface area contributed by atoms with E-state index >= 15 is 0 Å². The van der Waals surface area contributed by atoms with Crippen LogP contribution in [-0.4, -0.2) is 26.2 Å². The molecule has 0 aromatic heterocycles. The summed E-state index contributed by atoms with van der Waals surface area (Å²) in [5.74, 6) is 1.31. The molecule has 15 heavy (non-hydrogen) atoms. The average Bonchev–Trinajstić information content (AvgIpc) is 2.85. The van der Waals surface area contributed by atoms with Crippen molar-refractivity contribution in [2.75, 3.05) is 20.2 Å². The van der Waals surface area contributed by atoms with Crippen molar-refractivity contribution in [1.29, 1.82) is 0 Å². The highest BCUT2D eigenvalue weighted by Crippen LogP contribution is 2.43. The molecule has 1 saturated carbocycles. The molecule has 84 valence electrons. The number of quaternary nitrogens is 1. The van der Waals surface area contributed by atoms with Gasteiger partial charge in [-0.2, -0.15) is 0 Å². The van der Waals surface area contributed by atoms with Crippen molar-refractivity contribution < 1.29 is 14.8 Å². The summed E-state index contributed by atoms with van der Waals surface area (Å²) in [6.45, 7) is 1.62. The fourth-order valence-corrected chi connectivity index (χ4v) is 2.62. The topological polar surface area (TPSA) is 42.9 Å². The molecular weight excluding hydrogens is 190 g/mol. The number of carbonyl (C=O) groups is 1. The fourth-order valence-electron chi connectivity index (χ4n) is 2.62. The summed E-state index contributed by atoms with van der Waals surface area (Å²) in [7, 11) is 2.03. The van der Waals surface area contributed by atoms with Gasteiger partial charge in [-0.25, -0.2) is 0 Å². The standard InChI is InChI=1S/C12H19NO2/c1-13-5-2-6-15-12(14)11-8-9-3-4-10(11)7-9/h3-4,9-11,13H,2,5-8H2,1H3/p+1. The lowest BCUT2D eigenvalue weighted by atomic mass is 9.94. The zero-order chi connectivity index (χ0) is 10.7. The highest BCUT2D eigenvalue weighted by molar-refractivity contribution is 5.74. The molecule has 0 aromatic rings. The van der Waals surface area contributed by atoms with Crippen molar-refractivity contribution in [3.63, 3.8) is 0 Å². The number of esters is 1. The molecule has 0 heterocycles. The largest absolute Gasteiger partial charge is 0.465 e. The molecule has 3 heteroatoms. The summed E-state index contributed by atoms with van der Waals surface area (Å²) in [5, 5.41) is 2.11. The third kappa shape index (κ3) is 2.40. The van der Waals surface area contributed by atoms with Crippen molar-refractivity contribution in [3.8, 4) is 0 Å². The van der Waals surface area contributed by atoms with Crippen molar-refractivity contribution in [2.45, 2.75) is 19.3 Å². The molecule has 2 aliphatic rings. The quantitative estimate of drug-likeness (QED) is 0.403. The maximum absolute atomic E-state index is 11.7. The summed E-state index contributed by atoms with van der Waals surface area (Å²) < 4.78 is 5.29. The Morgan fingerprint density at radius 1 is 1.47 bits per heavy atom. The minimum atomic E-state index is 0.0305. The Morgan fingerprint density at radius 3 is 2.93 bits per heavy atom. The van der Waals surface area contributed by atoms with Gasteiger partial charge in [-0.05, 0) is 24.7 Å². The minimum Gasteiger partial charge on any atom is -0.465 e. The molecule has 0 amide bonds. The highest BCUT2D eigenvalue weighted by atomic mass is 16.5. The Hall–Kier alpha value is -0.830. The zero-order valence-electron chi connectivity index (χ0n) is 9.32. The van der Waals surface area contributed by atoms with Crippen molar-refractivity contribution in [2.24, 2.45) is 17.8 Å². The van der Waals surface area contributed by atoms with E-state index in [9.17, 15) is 4.79 Å². The van der Waals surface area contributed by atoms with Crippen LogP contribution < -0.4 is 5.32 Å². The predicted molar refractivity (Wildman–Crippen MR) is 57.1 cm³/mol. The summed E-state index contributed by atoms with van der Waals surface area (Å²) in [6.07, 6.45) is 7.59. The Morgan fingerprint density at radius 2 is 2.33 bits per heavy atom. The smallest absolute Gasteiger partial charge is 0.309 e. The normalized spacial score (nSPS) is 32.2. The van der Waals surface area contributed by atoms with E-state index in [0.717, 1.165) is 19.4 Å². The van der Waals surface area contributed by atoms with Crippen molar-refractivity contribution in [3.05, 3.63) is 12.2 Å². The first kappa shape index (κ1) is 10.7. The van der Waals surface area contributed by atoms with Crippen LogP contribution in [0.4, 0.5) is 0 Å². The molecule has 2 bridgehead atoms. The second-order valence-electron chi connectivity index (χ2n) is 4.60. The van der Waals surface area contributed by atoms with Crippen LogP contribution in [0, 0.1) is 17.8 Å². The molecule has 2 aliphatic carbocycles. The van der Waals surface area contributed by atoms with E-state index in [-0.39, 0.29) is 11.9 Å². The van der Waals surface area contributed by atoms with Gasteiger partial charge >= 0.3 is 5.97 Å². The van der Waals surface area contributed by atoms with Crippen LogP contribution in [0.15, 0.2) is 12.2 Å². The second kappa shape index (κ2) is 4.79. The fraction of sp³-hybridized carbons (Fsp3) is 0.750. The Labute approximate surface area is 90.9 Å². The third-order valence-corrected chi connectivity index (χ3v) is 3.46. The number of fused-ring (bicyclic) bond motifs is 2. The second-order valence-corrected chi connectivity index (χ2v) is 4.60. The molecule has 0 saturated heterocycles.